The van der Waals surface area contributed by atoms with Gasteiger partial charge in [0.15, 0.2) is 0 Å². The molecule has 0 radical (unpaired) electrons. The molecule has 0 aromatic heterocycles. The predicted octanol–water partition coefficient (Wildman–Crippen LogP) is 1.07. The van der Waals surface area contributed by atoms with Gasteiger partial charge in [0.1, 0.15) is 0 Å². The van der Waals surface area contributed by atoms with Gasteiger partial charge in [0, 0.05) is 33.0 Å². The molecule has 0 amide bonds. The van der Waals surface area contributed by atoms with Crippen LogP contribution in [0, 0.1) is 0 Å². The van der Waals surface area contributed by atoms with Crippen LogP contribution in [0.4, 0.5) is 0 Å². The van der Waals surface area contributed by atoms with Crippen molar-refractivity contribution in [2.24, 2.45) is 0 Å². The minimum atomic E-state index is -2.75. The first-order valence-electron chi connectivity index (χ1n) is 2.46. The minimum absolute atomic E-state index is 0.493. The summed E-state index contributed by atoms with van der Waals surface area (Å²) >= 11 is 4.70. The van der Waals surface area contributed by atoms with E-state index in [1.54, 1.807) is 0 Å². The van der Waals surface area contributed by atoms with Crippen molar-refractivity contribution in [3.63, 3.8) is 0 Å². The molecule has 0 bridgehead atoms. The fourth-order valence-electron chi connectivity index (χ4n) is 0.307. The van der Waals surface area contributed by atoms with E-state index in [1.165, 1.54) is 21.1 Å². The van der Waals surface area contributed by atoms with Crippen LogP contribution in [0.25, 0.3) is 0 Å². The Hall–Kier alpha value is 0.0400. The summed E-state index contributed by atoms with van der Waals surface area (Å²) < 4.78 is 13.9. The molecule has 6 heteroatoms. The topological polar surface area (TPSA) is 44.8 Å². The summed E-state index contributed by atoms with van der Waals surface area (Å²) in [5.41, 5.74) is 0. The lowest BCUT2D eigenvalue weighted by atomic mass is 10.9. The number of carbonyl (C=O) groups is 1. The third kappa shape index (κ3) is 3.27. The standard InChI is InChI=1S/C4H9O4PS/c1-4(5)8-9(10,6-2)7-3/h1-3H3. The average molecular weight is 184 g/mol. The zero-order valence-corrected chi connectivity index (χ0v) is 7.70. The van der Waals surface area contributed by atoms with Crippen LogP contribution in [-0.2, 0) is 30.2 Å². The highest BCUT2D eigenvalue weighted by atomic mass is 32.5. The molecule has 0 heterocycles. The van der Waals surface area contributed by atoms with Gasteiger partial charge in [0.05, 0.1) is 0 Å². The molecule has 0 saturated heterocycles. The Morgan fingerprint density at radius 3 is 1.90 bits per heavy atom. The molecule has 0 aromatic rings. The van der Waals surface area contributed by atoms with Crippen LogP contribution in [0.2, 0.25) is 0 Å². The normalized spacial score (nSPS) is 11.1. The van der Waals surface area contributed by atoms with Crippen LogP contribution in [0.5, 0.6) is 0 Å². The van der Waals surface area contributed by atoms with Crippen LogP contribution in [0.3, 0.4) is 0 Å². The SMILES string of the molecule is COP(=S)(OC)OC(C)=O. The summed E-state index contributed by atoms with van der Waals surface area (Å²) in [4.78, 5) is 10.4. The summed E-state index contributed by atoms with van der Waals surface area (Å²) in [6, 6.07) is 0. The van der Waals surface area contributed by atoms with Gasteiger partial charge in [0.2, 0.25) is 0 Å². The first-order chi connectivity index (χ1) is 4.54. The molecular weight excluding hydrogens is 175 g/mol. The molecule has 0 unspecified atom stereocenters. The molecule has 0 aliphatic heterocycles. The summed E-state index contributed by atoms with van der Waals surface area (Å²) in [6.07, 6.45) is 0. The van der Waals surface area contributed by atoms with Crippen LogP contribution < -0.4 is 0 Å². The van der Waals surface area contributed by atoms with Crippen molar-refractivity contribution >= 4 is 24.5 Å². The smallest absolute Gasteiger partial charge is 0.382 e. The molecule has 60 valence electrons. The quantitative estimate of drug-likeness (QED) is 0.614. The highest BCUT2D eigenvalue weighted by molar-refractivity contribution is 8.07. The van der Waals surface area contributed by atoms with Gasteiger partial charge in [-0.3, -0.25) is 4.79 Å². The van der Waals surface area contributed by atoms with E-state index in [-0.39, 0.29) is 0 Å². The van der Waals surface area contributed by atoms with Gasteiger partial charge in [-0.1, -0.05) is 0 Å². The summed E-state index contributed by atoms with van der Waals surface area (Å²) in [5, 5.41) is 0. The lowest BCUT2D eigenvalue weighted by Gasteiger charge is -2.14. The Balaban J connectivity index is 4.07. The zero-order chi connectivity index (χ0) is 8.20. The fraction of sp³-hybridized carbons (Fsp3) is 0.750. The van der Waals surface area contributed by atoms with Crippen molar-refractivity contribution in [3.8, 4) is 0 Å². The molecule has 10 heavy (non-hydrogen) atoms. The van der Waals surface area contributed by atoms with Gasteiger partial charge >= 0.3 is 12.7 Å². The van der Waals surface area contributed by atoms with Gasteiger partial charge in [-0.15, -0.1) is 0 Å². The Morgan fingerprint density at radius 1 is 1.40 bits per heavy atom. The van der Waals surface area contributed by atoms with E-state index >= 15 is 0 Å². The van der Waals surface area contributed by atoms with Crippen molar-refractivity contribution in [1.29, 1.82) is 0 Å². The molecule has 0 N–H and O–H groups in total. The Kier molecular flexibility index (Phi) is 4.05. The average Bonchev–Trinajstić information content (AvgIpc) is 1.87. The van der Waals surface area contributed by atoms with Crippen LogP contribution in [0.15, 0.2) is 0 Å². The van der Waals surface area contributed by atoms with Gasteiger partial charge in [-0.25, -0.2) is 0 Å². The van der Waals surface area contributed by atoms with E-state index in [9.17, 15) is 4.79 Å². The third-order valence-electron chi connectivity index (χ3n) is 0.688. The molecule has 0 aliphatic carbocycles. The minimum Gasteiger partial charge on any atom is -0.392 e. The second-order valence-corrected chi connectivity index (χ2v) is 4.54. The van der Waals surface area contributed by atoms with Crippen molar-refractivity contribution in [2.75, 3.05) is 14.2 Å². The largest absolute Gasteiger partial charge is 0.392 e. The van der Waals surface area contributed by atoms with Gasteiger partial charge < -0.3 is 13.6 Å². The van der Waals surface area contributed by atoms with Gasteiger partial charge in [-0.2, -0.15) is 0 Å². The van der Waals surface area contributed by atoms with E-state index in [1.807, 2.05) is 0 Å². The zero-order valence-electron chi connectivity index (χ0n) is 5.99. The Morgan fingerprint density at radius 2 is 1.80 bits per heavy atom. The van der Waals surface area contributed by atoms with E-state index in [2.05, 4.69) is 13.6 Å². The van der Waals surface area contributed by atoms with Crippen molar-refractivity contribution in [3.05, 3.63) is 0 Å². The Bertz CT molecular complexity index is 161. The maximum atomic E-state index is 10.4. The molecule has 0 fully saturated rings. The molecule has 4 nitrogen and oxygen atoms in total. The first-order valence-corrected chi connectivity index (χ1v) is 5.01. The first kappa shape index (κ1) is 10.0. The lowest BCUT2D eigenvalue weighted by Crippen LogP contribution is -1.99. The second kappa shape index (κ2) is 4.03. The number of carbonyl (C=O) groups excluding carboxylic acids is 1. The maximum absolute atomic E-state index is 10.4. The molecule has 0 aromatic carbocycles. The van der Waals surface area contributed by atoms with E-state index < -0.39 is 12.7 Å². The van der Waals surface area contributed by atoms with Crippen molar-refractivity contribution in [1.82, 2.24) is 0 Å². The van der Waals surface area contributed by atoms with Gasteiger partial charge in [-0.05, 0) is 0 Å². The monoisotopic (exact) mass is 184 g/mol. The highest BCUT2D eigenvalue weighted by Crippen LogP contribution is 2.47. The molecule has 0 rings (SSSR count). The van der Waals surface area contributed by atoms with E-state index in [0.29, 0.717) is 0 Å². The molecule has 0 aliphatic rings. The van der Waals surface area contributed by atoms with Crippen molar-refractivity contribution in [2.45, 2.75) is 6.92 Å². The van der Waals surface area contributed by atoms with Crippen LogP contribution in [0.1, 0.15) is 6.92 Å². The molecule has 0 atom stereocenters. The summed E-state index contributed by atoms with van der Waals surface area (Å²) in [7, 11) is 2.68. The Labute approximate surface area is 64.7 Å². The molecular formula is C4H9O4PS. The van der Waals surface area contributed by atoms with Crippen molar-refractivity contribution < 1.29 is 18.4 Å². The lowest BCUT2D eigenvalue weighted by molar-refractivity contribution is -0.132. The van der Waals surface area contributed by atoms with E-state index in [0.717, 1.165) is 0 Å². The fourth-order valence-corrected chi connectivity index (χ4v) is 1.23. The molecule has 0 saturated carbocycles. The van der Waals surface area contributed by atoms with Crippen LogP contribution >= 0.6 is 6.72 Å². The van der Waals surface area contributed by atoms with Gasteiger partial charge in [0.25, 0.3) is 0 Å². The third-order valence-corrected chi connectivity index (χ3v) is 3.18. The van der Waals surface area contributed by atoms with Crippen LogP contribution in [-0.4, -0.2) is 20.2 Å². The number of hydrogen-bond donors (Lipinski definition) is 0. The predicted molar refractivity (Wildman–Crippen MR) is 40.1 cm³/mol. The number of hydrogen-bond acceptors (Lipinski definition) is 5. The second-order valence-electron chi connectivity index (χ2n) is 1.40. The maximum Gasteiger partial charge on any atom is 0.382 e. The highest BCUT2D eigenvalue weighted by Gasteiger charge is 2.18. The molecule has 0 spiro atoms. The summed E-state index contributed by atoms with van der Waals surface area (Å²) in [5.74, 6) is -0.493. The number of rotatable bonds is 3. The van der Waals surface area contributed by atoms with E-state index in [4.69, 9.17) is 11.8 Å². The summed E-state index contributed by atoms with van der Waals surface area (Å²) in [6.45, 7) is -1.50.